The van der Waals surface area contributed by atoms with E-state index in [9.17, 15) is 4.79 Å². The van der Waals surface area contributed by atoms with Crippen molar-refractivity contribution in [2.45, 2.75) is 38.8 Å². The highest BCUT2D eigenvalue weighted by atomic mass is 16.1. The summed E-state index contributed by atoms with van der Waals surface area (Å²) in [6.45, 7) is 10.1. The van der Waals surface area contributed by atoms with Gasteiger partial charge in [-0.1, -0.05) is 44.7 Å². The minimum absolute atomic E-state index is 0.0120. The summed E-state index contributed by atoms with van der Waals surface area (Å²) in [6.07, 6.45) is 7.63. The number of benzene rings is 1. The van der Waals surface area contributed by atoms with Gasteiger partial charge in [-0.2, -0.15) is 0 Å². The van der Waals surface area contributed by atoms with Crippen LogP contribution < -0.4 is 15.8 Å². The zero-order valence-electron chi connectivity index (χ0n) is 19.2. The third-order valence-corrected chi connectivity index (χ3v) is 6.24. The van der Waals surface area contributed by atoms with E-state index < -0.39 is 0 Å². The molecule has 3 heterocycles. The minimum Gasteiger partial charge on any atom is -0.354 e. The lowest BCUT2D eigenvalue weighted by molar-refractivity contribution is 0.519. The summed E-state index contributed by atoms with van der Waals surface area (Å²) in [5, 5.41) is 3.57. The highest BCUT2D eigenvalue weighted by Crippen LogP contribution is 2.34. The molecule has 1 aliphatic rings. The number of nitrogens with zero attached hydrogens (tertiary/aromatic N) is 3. The Kier molecular flexibility index (Phi) is 6.56. The van der Waals surface area contributed by atoms with Crippen LogP contribution in [0.1, 0.15) is 32.3 Å². The summed E-state index contributed by atoms with van der Waals surface area (Å²) < 4.78 is 1.81. The van der Waals surface area contributed by atoms with Crippen molar-refractivity contribution >= 4 is 11.9 Å². The van der Waals surface area contributed by atoms with Crippen LogP contribution in [0.25, 0.3) is 28.3 Å². The van der Waals surface area contributed by atoms with Crippen molar-refractivity contribution in [1.29, 1.82) is 0 Å². The Morgan fingerprint density at radius 2 is 1.97 bits per heavy atom. The molecular weight excluding hydrogens is 396 g/mol. The van der Waals surface area contributed by atoms with Crippen LogP contribution in [0.5, 0.6) is 0 Å². The Bertz CT molecular complexity index is 1150. The van der Waals surface area contributed by atoms with Gasteiger partial charge in [-0.25, -0.2) is 0 Å². The average Bonchev–Trinajstić information content (AvgIpc) is 3.28. The van der Waals surface area contributed by atoms with Crippen LogP contribution in [0, 0.1) is 0 Å². The van der Waals surface area contributed by atoms with E-state index >= 15 is 0 Å². The maximum atomic E-state index is 13.8. The number of nitrogens with one attached hydrogen (secondary N) is 1. The normalized spacial score (nSPS) is 16.0. The molecule has 2 aromatic heterocycles. The number of pyridine rings is 2. The Morgan fingerprint density at radius 1 is 1.19 bits per heavy atom. The molecule has 1 saturated heterocycles. The molecule has 0 amide bonds. The highest BCUT2D eigenvalue weighted by molar-refractivity contribution is 5.85. The van der Waals surface area contributed by atoms with Gasteiger partial charge in [-0.15, -0.1) is 0 Å². The lowest BCUT2D eigenvalue weighted by atomic mass is 9.95. The van der Waals surface area contributed by atoms with E-state index in [1.165, 1.54) is 0 Å². The summed E-state index contributed by atoms with van der Waals surface area (Å²) in [5.74, 6) is 0.971. The molecule has 166 valence electrons. The van der Waals surface area contributed by atoms with Crippen LogP contribution in [0.4, 0.5) is 5.82 Å². The number of hydrogen-bond acceptors (Lipinski definition) is 4. The second kappa shape index (κ2) is 9.53. The summed E-state index contributed by atoms with van der Waals surface area (Å²) >= 11 is 0. The molecule has 0 radical (unpaired) electrons. The van der Waals surface area contributed by atoms with Gasteiger partial charge in [0.15, 0.2) is 0 Å². The van der Waals surface area contributed by atoms with E-state index in [2.05, 4.69) is 41.7 Å². The molecule has 0 bridgehead atoms. The maximum Gasteiger partial charge on any atom is 0.260 e. The molecule has 1 fully saturated rings. The first-order chi connectivity index (χ1) is 15.5. The lowest BCUT2D eigenvalue weighted by Gasteiger charge is -2.30. The Labute approximate surface area is 190 Å². The summed E-state index contributed by atoms with van der Waals surface area (Å²) in [7, 11) is 1.89. The second-order valence-electron chi connectivity index (χ2n) is 8.77. The molecule has 5 nitrogen and oxygen atoms in total. The third kappa shape index (κ3) is 4.39. The number of rotatable bonds is 7. The van der Waals surface area contributed by atoms with E-state index in [0.29, 0.717) is 17.6 Å². The zero-order chi connectivity index (χ0) is 22.7. The predicted molar refractivity (Wildman–Crippen MR) is 134 cm³/mol. The maximum absolute atomic E-state index is 13.8. The van der Waals surface area contributed by atoms with Crippen molar-refractivity contribution in [3.05, 3.63) is 77.4 Å². The molecule has 1 aromatic carbocycles. The standard InChI is InChI=1S/C27H32N4O/c1-5-20-8-6-9-22(16-20)26-24(21-11-13-28-14-12-21)17-25(30(4)27(26)32)31-15-7-10-23(31)18-29-19(2)3/h5-6,8-9,11-14,16-17,19,23,29H,1,7,10,15,18H2,2-4H3/t23-/m1/s1. The van der Waals surface area contributed by atoms with Crippen LogP contribution in [-0.4, -0.2) is 34.7 Å². The van der Waals surface area contributed by atoms with E-state index in [4.69, 9.17) is 0 Å². The molecule has 32 heavy (non-hydrogen) atoms. The van der Waals surface area contributed by atoms with Crippen LogP contribution in [0.15, 0.2) is 66.2 Å². The molecule has 0 saturated carbocycles. The fraction of sp³-hybridized carbons (Fsp3) is 0.333. The SMILES string of the molecule is C=Cc1cccc(-c2c(-c3ccncc3)cc(N3CCC[C@@H]3CNC(C)C)n(C)c2=O)c1. The Balaban J connectivity index is 1.88. The Hall–Kier alpha value is -3.18. The van der Waals surface area contributed by atoms with Gasteiger partial charge >= 0.3 is 0 Å². The van der Waals surface area contributed by atoms with E-state index in [-0.39, 0.29) is 5.56 Å². The topological polar surface area (TPSA) is 50.2 Å². The third-order valence-electron chi connectivity index (χ3n) is 6.24. The fourth-order valence-corrected chi connectivity index (χ4v) is 4.54. The molecule has 3 aromatic rings. The zero-order valence-corrected chi connectivity index (χ0v) is 19.2. The molecule has 4 rings (SSSR count). The van der Waals surface area contributed by atoms with Gasteiger partial charge in [0.2, 0.25) is 0 Å². The van der Waals surface area contributed by atoms with Gasteiger partial charge in [-0.3, -0.25) is 14.3 Å². The predicted octanol–water partition coefficient (Wildman–Crippen LogP) is 4.72. The van der Waals surface area contributed by atoms with Crippen molar-refractivity contribution in [2.24, 2.45) is 7.05 Å². The summed E-state index contributed by atoms with van der Waals surface area (Å²) in [6, 6.07) is 14.9. The number of anilines is 1. The van der Waals surface area contributed by atoms with Gasteiger partial charge in [0, 0.05) is 44.6 Å². The van der Waals surface area contributed by atoms with Gasteiger partial charge in [0.1, 0.15) is 5.82 Å². The molecule has 1 atom stereocenters. The highest BCUT2D eigenvalue weighted by Gasteiger charge is 2.28. The van der Waals surface area contributed by atoms with Crippen molar-refractivity contribution in [3.8, 4) is 22.3 Å². The molecule has 0 spiro atoms. The van der Waals surface area contributed by atoms with E-state index in [1.54, 1.807) is 12.4 Å². The largest absolute Gasteiger partial charge is 0.354 e. The quantitative estimate of drug-likeness (QED) is 0.591. The Morgan fingerprint density at radius 3 is 2.69 bits per heavy atom. The van der Waals surface area contributed by atoms with Crippen molar-refractivity contribution in [1.82, 2.24) is 14.9 Å². The van der Waals surface area contributed by atoms with Crippen molar-refractivity contribution in [3.63, 3.8) is 0 Å². The monoisotopic (exact) mass is 428 g/mol. The van der Waals surface area contributed by atoms with E-state index in [1.807, 2.05) is 54.1 Å². The number of aromatic nitrogens is 2. The molecule has 0 aliphatic carbocycles. The van der Waals surface area contributed by atoms with Crippen LogP contribution in [0.3, 0.4) is 0 Å². The van der Waals surface area contributed by atoms with Gasteiger partial charge < -0.3 is 10.2 Å². The van der Waals surface area contributed by atoms with E-state index in [0.717, 1.165) is 54.0 Å². The van der Waals surface area contributed by atoms with Gasteiger partial charge in [0.25, 0.3) is 5.56 Å². The molecule has 1 aliphatic heterocycles. The van der Waals surface area contributed by atoms with Gasteiger partial charge in [0.05, 0.1) is 5.56 Å². The van der Waals surface area contributed by atoms with Gasteiger partial charge in [-0.05, 0) is 59.4 Å². The summed E-state index contributed by atoms with van der Waals surface area (Å²) in [5.41, 5.74) is 4.55. The fourth-order valence-electron chi connectivity index (χ4n) is 4.54. The molecule has 1 N–H and O–H groups in total. The number of hydrogen-bond donors (Lipinski definition) is 1. The molecular formula is C27H32N4O. The average molecular weight is 429 g/mol. The second-order valence-corrected chi connectivity index (χ2v) is 8.77. The van der Waals surface area contributed by atoms with Crippen molar-refractivity contribution in [2.75, 3.05) is 18.0 Å². The van der Waals surface area contributed by atoms with Crippen LogP contribution >= 0.6 is 0 Å². The smallest absolute Gasteiger partial charge is 0.260 e. The first-order valence-electron chi connectivity index (χ1n) is 11.4. The first kappa shape index (κ1) is 22.0. The lowest BCUT2D eigenvalue weighted by Crippen LogP contribution is -2.42. The summed E-state index contributed by atoms with van der Waals surface area (Å²) in [4.78, 5) is 20.4. The van der Waals surface area contributed by atoms with Crippen LogP contribution in [0.2, 0.25) is 0 Å². The molecule has 0 unspecified atom stereocenters. The first-order valence-corrected chi connectivity index (χ1v) is 11.4. The van der Waals surface area contributed by atoms with Crippen LogP contribution in [-0.2, 0) is 7.05 Å². The minimum atomic E-state index is 0.0120. The van der Waals surface area contributed by atoms with Crippen molar-refractivity contribution < 1.29 is 0 Å². The molecule has 5 heteroatoms.